The zero-order valence-electron chi connectivity index (χ0n) is 16.6. The van der Waals surface area contributed by atoms with Gasteiger partial charge in [0.05, 0.1) is 12.1 Å². The molecule has 0 aliphatic rings. The Morgan fingerprint density at radius 2 is 2.00 bits per heavy atom. The Hall–Kier alpha value is -2.80. The van der Waals surface area contributed by atoms with Crippen LogP contribution >= 0.6 is 15.9 Å². The normalized spacial score (nSPS) is 13.3. The lowest BCUT2D eigenvalue weighted by Gasteiger charge is -2.20. The van der Waals surface area contributed by atoms with Crippen molar-refractivity contribution in [3.8, 4) is 0 Å². The maximum absolute atomic E-state index is 12.2. The predicted octanol–water partition coefficient (Wildman–Crippen LogP) is 5.02. The number of fused-ring (bicyclic) bond motifs is 1. The van der Waals surface area contributed by atoms with Gasteiger partial charge in [0.2, 0.25) is 12.3 Å². The molecule has 6 nitrogen and oxygen atoms in total. The van der Waals surface area contributed by atoms with Crippen LogP contribution in [0.3, 0.4) is 0 Å². The van der Waals surface area contributed by atoms with Gasteiger partial charge in [-0.05, 0) is 55.8 Å². The third kappa shape index (κ3) is 5.60. The van der Waals surface area contributed by atoms with Crippen LogP contribution in [0.15, 0.2) is 59.2 Å². The van der Waals surface area contributed by atoms with Gasteiger partial charge in [-0.25, -0.2) is 4.79 Å². The quantitative estimate of drug-likeness (QED) is 0.217. The minimum absolute atomic E-state index is 0.161. The molecule has 152 valence electrons. The predicted molar refractivity (Wildman–Crippen MR) is 117 cm³/mol. The summed E-state index contributed by atoms with van der Waals surface area (Å²) in [5.41, 5.74) is 2.05. The molecule has 0 saturated heterocycles. The van der Waals surface area contributed by atoms with E-state index in [0.717, 1.165) is 31.2 Å². The molecule has 1 atom stereocenters. The zero-order chi connectivity index (χ0) is 21.0. The van der Waals surface area contributed by atoms with E-state index in [-0.39, 0.29) is 6.54 Å². The molecular formula is C22H25BrN3O3+. The summed E-state index contributed by atoms with van der Waals surface area (Å²) in [5, 5.41) is 14.6. The average Bonchev–Trinajstić information content (AvgIpc) is 3.04. The topological polar surface area (TPSA) is 77.4 Å². The van der Waals surface area contributed by atoms with E-state index in [2.05, 4.69) is 26.2 Å². The Morgan fingerprint density at radius 1 is 1.28 bits per heavy atom. The minimum atomic E-state index is -0.597. The van der Waals surface area contributed by atoms with Gasteiger partial charge in [-0.15, -0.1) is 0 Å². The lowest BCUT2D eigenvalue weighted by Crippen LogP contribution is -2.37. The molecule has 0 saturated carbocycles. The Morgan fingerprint density at radius 3 is 2.69 bits per heavy atom. The van der Waals surface area contributed by atoms with Crippen LogP contribution in [0.1, 0.15) is 37.9 Å². The molecular weight excluding hydrogens is 434 g/mol. The van der Waals surface area contributed by atoms with E-state index in [0.29, 0.717) is 0 Å². The Labute approximate surface area is 178 Å². The highest BCUT2D eigenvalue weighted by atomic mass is 79.9. The molecule has 3 aromatic rings. The van der Waals surface area contributed by atoms with Crippen LogP contribution in [-0.2, 0) is 4.74 Å². The maximum Gasteiger partial charge on any atom is 0.407 e. The van der Waals surface area contributed by atoms with Gasteiger partial charge >= 0.3 is 6.09 Å². The molecule has 2 aromatic carbocycles. The number of benzene rings is 2. The summed E-state index contributed by atoms with van der Waals surface area (Å²) in [6.07, 6.45) is 2.95. The number of hydrogen-bond acceptors (Lipinski definition) is 3. The first-order valence-corrected chi connectivity index (χ1v) is 10.1. The van der Waals surface area contributed by atoms with Crippen molar-refractivity contribution in [1.29, 1.82) is 0 Å². The van der Waals surface area contributed by atoms with Gasteiger partial charge in [-0.1, -0.05) is 34.1 Å². The fourth-order valence-corrected chi connectivity index (χ4v) is 3.37. The molecule has 0 aliphatic heterocycles. The first kappa shape index (κ1) is 20.9. The van der Waals surface area contributed by atoms with Crippen molar-refractivity contribution in [2.45, 2.75) is 32.4 Å². The molecule has 1 heterocycles. The SMILES string of the molecule is CC(C)(C)OC(=O)NCC(c1c[nH]c2ccc(Br)cc12)[N+](O)=Cc1ccccc1. The van der Waals surface area contributed by atoms with Crippen LogP contribution < -0.4 is 5.32 Å². The molecule has 0 bridgehead atoms. The standard InChI is InChI=1S/C22H24BrN3O3/c1-22(2,3)29-21(27)25-13-20(26(28)14-15-7-5-4-6-8-15)18-12-24-19-10-9-16(23)11-17(18)19/h4-12,14,20,24H,13H2,1-3H3,(H-,25,27,28)/p+1. The first-order valence-electron chi connectivity index (χ1n) is 9.33. The summed E-state index contributed by atoms with van der Waals surface area (Å²) in [4.78, 5) is 15.4. The number of hydroxylamine groups is 1. The fraction of sp³-hybridized carbons (Fsp3) is 0.273. The van der Waals surface area contributed by atoms with E-state index >= 15 is 0 Å². The highest BCUT2D eigenvalue weighted by Gasteiger charge is 2.29. The molecule has 0 spiro atoms. The number of ether oxygens (including phenoxy) is 1. The number of carbonyl (C=O) groups is 1. The number of amides is 1. The van der Waals surface area contributed by atoms with Crippen molar-refractivity contribution in [3.05, 3.63) is 70.3 Å². The van der Waals surface area contributed by atoms with E-state index in [4.69, 9.17) is 4.74 Å². The van der Waals surface area contributed by atoms with Gasteiger partial charge < -0.3 is 15.0 Å². The minimum Gasteiger partial charge on any atom is -0.444 e. The summed E-state index contributed by atoms with van der Waals surface area (Å²) in [7, 11) is 0. The van der Waals surface area contributed by atoms with Gasteiger partial charge in [-0.2, -0.15) is 0 Å². The highest BCUT2D eigenvalue weighted by molar-refractivity contribution is 9.10. The second-order valence-corrected chi connectivity index (χ2v) is 8.67. The molecule has 1 aromatic heterocycles. The number of aromatic nitrogens is 1. The largest absolute Gasteiger partial charge is 0.444 e. The third-order valence-electron chi connectivity index (χ3n) is 4.27. The van der Waals surface area contributed by atoms with Gasteiger partial charge in [-0.3, -0.25) is 5.21 Å². The number of alkyl carbamates (subject to hydrolysis) is 1. The molecule has 7 heteroatoms. The number of rotatable bonds is 5. The van der Waals surface area contributed by atoms with Crippen LogP contribution in [0.5, 0.6) is 0 Å². The molecule has 1 unspecified atom stereocenters. The summed E-state index contributed by atoms with van der Waals surface area (Å²) < 4.78 is 7.39. The molecule has 1 amide bonds. The molecule has 0 aliphatic carbocycles. The van der Waals surface area contributed by atoms with Crippen molar-refractivity contribution in [2.24, 2.45) is 0 Å². The number of nitrogens with one attached hydrogen (secondary N) is 2. The van der Waals surface area contributed by atoms with E-state index in [9.17, 15) is 10.0 Å². The van der Waals surface area contributed by atoms with E-state index in [1.54, 1.807) is 6.21 Å². The Bertz CT molecular complexity index is 1020. The van der Waals surface area contributed by atoms with Crippen molar-refractivity contribution < 1.29 is 19.5 Å². The van der Waals surface area contributed by atoms with Crippen LogP contribution in [0, 0.1) is 0 Å². The smallest absolute Gasteiger partial charge is 0.407 e. The van der Waals surface area contributed by atoms with Gasteiger partial charge in [0.15, 0.2) is 0 Å². The van der Waals surface area contributed by atoms with Crippen molar-refractivity contribution in [1.82, 2.24) is 10.3 Å². The molecule has 0 radical (unpaired) electrons. The number of halogens is 1. The lowest BCUT2D eigenvalue weighted by atomic mass is 10.1. The second kappa shape index (κ2) is 8.69. The summed E-state index contributed by atoms with van der Waals surface area (Å²) in [5.74, 6) is 0. The van der Waals surface area contributed by atoms with Crippen LogP contribution in [-0.4, -0.2) is 39.4 Å². The zero-order valence-corrected chi connectivity index (χ0v) is 18.2. The van der Waals surface area contributed by atoms with Crippen LogP contribution in [0.2, 0.25) is 0 Å². The monoisotopic (exact) mass is 458 g/mol. The van der Waals surface area contributed by atoms with Crippen molar-refractivity contribution in [3.63, 3.8) is 0 Å². The molecule has 29 heavy (non-hydrogen) atoms. The van der Waals surface area contributed by atoms with Crippen molar-refractivity contribution >= 4 is 39.1 Å². The van der Waals surface area contributed by atoms with Crippen molar-refractivity contribution in [2.75, 3.05) is 6.54 Å². The molecule has 3 rings (SSSR count). The number of H-pyrrole nitrogens is 1. The fourth-order valence-electron chi connectivity index (χ4n) is 3.01. The number of nitrogens with zero attached hydrogens (tertiary/aromatic N) is 1. The van der Waals surface area contributed by atoms with E-state index < -0.39 is 17.7 Å². The van der Waals surface area contributed by atoms with Gasteiger partial charge in [0.1, 0.15) is 5.60 Å². The average molecular weight is 459 g/mol. The van der Waals surface area contributed by atoms with E-state index in [1.165, 1.54) is 0 Å². The van der Waals surface area contributed by atoms with Crippen LogP contribution in [0.25, 0.3) is 10.9 Å². The number of aromatic amines is 1. The van der Waals surface area contributed by atoms with Crippen LogP contribution in [0.4, 0.5) is 4.79 Å². The van der Waals surface area contributed by atoms with Gasteiger partial charge in [0, 0.05) is 27.1 Å². The number of hydrogen-bond donors (Lipinski definition) is 3. The number of carbonyl (C=O) groups excluding carboxylic acids is 1. The highest BCUT2D eigenvalue weighted by Crippen LogP contribution is 2.28. The molecule has 3 N–H and O–H groups in total. The Kier molecular flexibility index (Phi) is 6.27. The maximum atomic E-state index is 12.2. The first-order chi connectivity index (χ1) is 13.7. The third-order valence-corrected chi connectivity index (χ3v) is 4.77. The second-order valence-electron chi connectivity index (χ2n) is 7.75. The lowest BCUT2D eigenvalue weighted by molar-refractivity contribution is -0.800. The Balaban J connectivity index is 1.93. The van der Waals surface area contributed by atoms with E-state index in [1.807, 2.05) is 75.5 Å². The molecule has 0 fully saturated rings. The summed E-state index contributed by atoms with van der Waals surface area (Å²) >= 11 is 3.50. The van der Waals surface area contributed by atoms with Gasteiger partial charge in [0.25, 0.3) is 0 Å². The summed E-state index contributed by atoms with van der Waals surface area (Å²) in [6, 6.07) is 14.9. The summed E-state index contributed by atoms with van der Waals surface area (Å²) in [6.45, 7) is 5.59.